The van der Waals surface area contributed by atoms with Gasteiger partial charge < -0.3 is 15.0 Å². The summed E-state index contributed by atoms with van der Waals surface area (Å²) in [5.41, 5.74) is -0.327. The number of nitrogens with zero attached hydrogens (tertiary/aromatic N) is 1. The number of esters is 1. The number of rotatable bonds is 6. The Hall–Kier alpha value is -2.68. The molecule has 8 nitrogen and oxygen atoms in total. The molecule has 0 fully saturated rings. The number of nitro groups is 1. The van der Waals surface area contributed by atoms with E-state index in [2.05, 4.69) is 10.3 Å². The van der Waals surface area contributed by atoms with Crippen molar-refractivity contribution in [3.05, 3.63) is 50.5 Å². The summed E-state index contributed by atoms with van der Waals surface area (Å²) in [4.78, 5) is 36.9. The summed E-state index contributed by atoms with van der Waals surface area (Å²) in [5.74, 6) is -1.27. The lowest BCUT2D eigenvalue weighted by Gasteiger charge is -2.12. The first-order valence-corrected chi connectivity index (χ1v) is 7.19. The predicted molar refractivity (Wildman–Crippen MR) is 78.5 cm³/mol. The number of ether oxygens (including phenoxy) is 1. The number of aromatic nitrogens is 1. The number of H-pyrrole nitrogens is 1. The predicted octanol–water partition coefficient (Wildman–Crippen LogP) is 1.85. The van der Waals surface area contributed by atoms with Gasteiger partial charge in [-0.2, -0.15) is 0 Å². The van der Waals surface area contributed by atoms with Gasteiger partial charge in [-0.3, -0.25) is 14.9 Å². The molecule has 2 aromatic heterocycles. The molecular weight excluding hydrogens is 310 g/mol. The van der Waals surface area contributed by atoms with Crippen molar-refractivity contribution in [3.8, 4) is 0 Å². The summed E-state index contributed by atoms with van der Waals surface area (Å²) in [6.45, 7) is 1.78. The van der Waals surface area contributed by atoms with Gasteiger partial charge in [-0.15, -0.1) is 11.3 Å². The Morgan fingerprint density at radius 1 is 1.55 bits per heavy atom. The molecular formula is C13H13N3O5S. The molecule has 0 aromatic carbocycles. The normalized spacial score (nSPS) is 11.7. The molecule has 2 rings (SSSR count). The zero-order chi connectivity index (χ0) is 16.1. The minimum atomic E-state index is -1.00. The highest BCUT2D eigenvalue weighted by Crippen LogP contribution is 2.13. The Kier molecular flexibility index (Phi) is 4.89. The van der Waals surface area contributed by atoms with E-state index in [0.29, 0.717) is 6.54 Å². The van der Waals surface area contributed by atoms with Crippen molar-refractivity contribution in [1.82, 2.24) is 10.3 Å². The van der Waals surface area contributed by atoms with E-state index < -0.39 is 22.9 Å². The van der Waals surface area contributed by atoms with Crippen LogP contribution in [0.5, 0.6) is 0 Å². The molecule has 2 aromatic rings. The number of nitrogens with one attached hydrogen (secondary N) is 2. The third-order valence-corrected chi connectivity index (χ3v) is 3.64. The molecule has 9 heteroatoms. The summed E-state index contributed by atoms with van der Waals surface area (Å²) in [6.07, 6.45) is 0.0767. The van der Waals surface area contributed by atoms with Crippen LogP contribution in [0.25, 0.3) is 0 Å². The highest BCUT2D eigenvalue weighted by molar-refractivity contribution is 7.09. The van der Waals surface area contributed by atoms with Crippen molar-refractivity contribution >= 4 is 28.9 Å². The fourth-order valence-electron chi connectivity index (χ4n) is 1.61. The van der Waals surface area contributed by atoms with E-state index >= 15 is 0 Å². The van der Waals surface area contributed by atoms with Gasteiger partial charge >= 0.3 is 5.97 Å². The summed E-state index contributed by atoms with van der Waals surface area (Å²) in [6, 6.07) is 4.80. The summed E-state index contributed by atoms with van der Waals surface area (Å²) in [7, 11) is 0. The molecule has 0 saturated heterocycles. The van der Waals surface area contributed by atoms with Gasteiger partial charge in [0.25, 0.3) is 11.6 Å². The van der Waals surface area contributed by atoms with Crippen molar-refractivity contribution in [1.29, 1.82) is 0 Å². The van der Waals surface area contributed by atoms with Gasteiger partial charge in [-0.1, -0.05) is 6.07 Å². The van der Waals surface area contributed by atoms with Gasteiger partial charge in [-0.05, 0) is 18.4 Å². The fraction of sp³-hybridized carbons (Fsp3) is 0.231. The van der Waals surface area contributed by atoms with E-state index in [1.807, 2.05) is 17.5 Å². The monoisotopic (exact) mass is 323 g/mol. The Morgan fingerprint density at radius 2 is 2.32 bits per heavy atom. The standard InChI is InChI=1S/C13H13N3O5S/c1-8(12(17)15-7-10-3-2-4-22-10)21-13(18)11-5-9(6-14-11)16(19)20/h2-6,8,14H,7H2,1H3,(H,15,17). The smallest absolute Gasteiger partial charge is 0.355 e. The number of carbonyl (C=O) groups excluding carboxylic acids is 2. The Balaban J connectivity index is 1.86. The molecule has 116 valence electrons. The lowest BCUT2D eigenvalue weighted by molar-refractivity contribution is -0.384. The lowest BCUT2D eigenvalue weighted by Crippen LogP contribution is -2.35. The minimum absolute atomic E-state index is 0.0791. The Bertz CT molecular complexity index is 680. The number of thiophene rings is 1. The SMILES string of the molecule is CC(OC(=O)c1cc([N+](=O)[O-])c[nH]1)C(=O)NCc1cccs1. The second-order valence-electron chi connectivity index (χ2n) is 4.37. The average molecular weight is 323 g/mol. The zero-order valence-corrected chi connectivity index (χ0v) is 12.4. The average Bonchev–Trinajstić information content (AvgIpc) is 3.15. The largest absolute Gasteiger partial charge is 0.448 e. The van der Waals surface area contributed by atoms with Crippen LogP contribution in [0.2, 0.25) is 0 Å². The lowest BCUT2D eigenvalue weighted by atomic mass is 10.3. The molecule has 22 heavy (non-hydrogen) atoms. The van der Waals surface area contributed by atoms with Crippen molar-refractivity contribution < 1.29 is 19.2 Å². The molecule has 2 heterocycles. The number of hydrogen-bond acceptors (Lipinski definition) is 6. The summed E-state index contributed by atoms with van der Waals surface area (Å²) >= 11 is 1.50. The van der Waals surface area contributed by atoms with Crippen LogP contribution < -0.4 is 5.32 Å². The molecule has 1 unspecified atom stereocenters. The van der Waals surface area contributed by atoms with Crippen molar-refractivity contribution in [2.75, 3.05) is 0 Å². The molecule has 1 amide bonds. The van der Waals surface area contributed by atoms with E-state index in [4.69, 9.17) is 4.74 Å². The second-order valence-corrected chi connectivity index (χ2v) is 5.41. The minimum Gasteiger partial charge on any atom is -0.448 e. The van der Waals surface area contributed by atoms with E-state index in [9.17, 15) is 19.7 Å². The highest BCUT2D eigenvalue weighted by Gasteiger charge is 2.21. The summed E-state index contributed by atoms with van der Waals surface area (Å²) < 4.78 is 4.96. The molecule has 0 aliphatic carbocycles. The molecule has 0 saturated carbocycles. The van der Waals surface area contributed by atoms with Gasteiger partial charge in [0, 0.05) is 10.9 Å². The molecule has 0 aliphatic rings. The van der Waals surface area contributed by atoms with Gasteiger partial charge in [0.2, 0.25) is 0 Å². The van der Waals surface area contributed by atoms with Crippen LogP contribution in [0.1, 0.15) is 22.3 Å². The van der Waals surface area contributed by atoms with E-state index in [0.717, 1.165) is 17.1 Å². The van der Waals surface area contributed by atoms with E-state index in [1.165, 1.54) is 18.3 Å². The van der Waals surface area contributed by atoms with Crippen LogP contribution in [0, 0.1) is 10.1 Å². The third kappa shape index (κ3) is 3.92. The van der Waals surface area contributed by atoms with Gasteiger partial charge in [-0.25, -0.2) is 4.79 Å². The van der Waals surface area contributed by atoms with Crippen LogP contribution in [-0.4, -0.2) is 27.9 Å². The zero-order valence-electron chi connectivity index (χ0n) is 11.6. The second kappa shape index (κ2) is 6.85. The molecule has 2 N–H and O–H groups in total. The highest BCUT2D eigenvalue weighted by atomic mass is 32.1. The van der Waals surface area contributed by atoms with Gasteiger partial charge in [0.15, 0.2) is 6.10 Å². The molecule has 0 bridgehead atoms. The maximum absolute atomic E-state index is 11.8. The van der Waals surface area contributed by atoms with Crippen LogP contribution in [0.15, 0.2) is 29.8 Å². The molecule has 1 atom stereocenters. The van der Waals surface area contributed by atoms with Crippen LogP contribution in [0.4, 0.5) is 5.69 Å². The van der Waals surface area contributed by atoms with E-state index in [1.54, 1.807) is 0 Å². The maximum Gasteiger partial charge on any atom is 0.355 e. The van der Waals surface area contributed by atoms with Crippen molar-refractivity contribution in [3.63, 3.8) is 0 Å². The van der Waals surface area contributed by atoms with E-state index in [-0.39, 0.29) is 11.4 Å². The first-order chi connectivity index (χ1) is 10.5. The van der Waals surface area contributed by atoms with Gasteiger partial charge in [0.05, 0.1) is 17.7 Å². The third-order valence-electron chi connectivity index (χ3n) is 2.77. The quantitative estimate of drug-likeness (QED) is 0.478. The molecule has 0 spiro atoms. The molecule has 0 aliphatic heterocycles. The molecule has 0 radical (unpaired) electrons. The number of carbonyl (C=O) groups is 2. The van der Waals surface area contributed by atoms with Crippen LogP contribution >= 0.6 is 11.3 Å². The first kappa shape index (κ1) is 15.7. The van der Waals surface area contributed by atoms with Crippen LogP contribution in [0.3, 0.4) is 0 Å². The van der Waals surface area contributed by atoms with Crippen LogP contribution in [-0.2, 0) is 16.1 Å². The Morgan fingerprint density at radius 3 is 2.91 bits per heavy atom. The maximum atomic E-state index is 11.8. The number of amides is 1. The fourth-order valence-corrected chi connectivity index (χ4v) is 2.26. The topological polar surface area (TPSA) is 114 Å². The number of aromatic amines is 1. The van der Waals surface area contributed by atoms with Crippen molar-refractivity contribution in [2.45, 2.75) is 19.6 Å². The first-order valence-electron chi connectivity index (χ1n) is 6.31. The van der Waals surface area contributed by atoms with Gasteiger partial charge in [0.1, 0.15) is 5.69 Å². The Labute approximate surface area is 129 Å². The summed E-state index contributed by atoms with van der Waals surface area (Å²) in [5, 5.41) is 15.1. The number of hydrogen-bond donors (Lipinski definition) is 2. The van der Waals surface area contributed by atoms with Crippen molar-refractivity contribution in [2.24, 2.45) is 0 Å².